The topological polar surface area (TPSA) is 86.2 Å². The number of halogens is 2. The van der Waals surface area contributed by atoms with Gasteiger partial charge in [-0.05, 0) is 61.5 Å². The number of carbonyl (C=O) groups is 2. The first-order valence-corrected chi connectivity index (χ1v) is 11.3. The molecule has 2 aromatic carbocycles. The third kappa shape index (κ3) is 6.18. The van der Waals surface area contributed by atoms with Crippen molar-refractivity contribution in [3.05, 3.63) is 56.9 Å². The first-order chi connectivity index (χ1) is 15.4. The number of thioether (sulfide) groups is 1. The highest BCUT2D eigenvalue weighted by Crippen LogP contribution is 2.35. The van der Waals surface area contributed by atoms with E-state index in [0.29, 0.717) is 43.9 Å². The Bertz CT molecular complexity index is 1090. The first kappa shape index (κ1) is 24.0. The van der Waals surface area contributed by atoms with Crippen LogP contribution in [0.4, 0.5) is 5.69 Å². The van der Waals surface area contributed by atoms with Crippen LogP contribution in [0.25, 0.3) is 6.08 Å². The number of amides is 1. The normalized spacial score (nSPS) is 15.7. The van der Waals surface area contributed by atoms with Gasteiger partial charge in [0.1, 0.15) is 0 Å². The highest BCUT2D eigenvalue weighted by molar-refractivity contribution is 8.18. The number of carbonyl (C=O) groups excluding carboxylic acids is 2. The van der Waals surface area contributed by atoms with Crippen molar-refractivity contribution >= 4 is 63.8 Å². The molecule has 1 heterocycles. The number of amidine groups is 1. The molecule has 0 saturated carbocycles. The number of hydrogen-bond acceptors (Lipinski definition) is 7. The Morgan fingerprint density at radius 1 is 1.12 bits per heavy atom. The van der Waals surface area contributed by atoms with Crippen LogP contribution in [0, 0.1) is 0 Å². The lowest BCUT2D eigenvalue weighted by molar-refractivity contribution is -0.145. The summed E-state index contributed by atoms with van der Waals surface area (Å²) in [7, 11) is 0. The van der Waals surface area contributed by atoms with Gasteiger partial charge >= 0.3 is 5.97 Å². The van der Waals surface area contributed by atoms with E-state index >= 15 is 0 Å². The number of esters is 1. The third-order valence-electron chi connectivity index (χ3n) is 4.02. The van der Waals surface area contributed by atoms with Gasteiger partial charge in [-0.1, -0.05) is 35.3 Å². The summed E-state index contributed by atoms with van der Waals surface area (Å²) in [5.41, 5.74) is 1.18. The summed E-state index contributed by atoms with van der Waals surface area (Å²) >= 11 is 13.4. The lowest BCUT2D eigenvalue weighted by Gasteiger charge is -2.12. The van der Waals surface area contributed by atoms with Crippen LogP contribution < -0.4 is 14.8 Å². The van der Waals surface area contributed by atoms with Gasteiger partial charge in [0.15, 0.2) is 23.3 Å². The Balaban J connectivity index is 1.79. The molecule has 1 fully saturated rings. The number of benzene rings is 2. The lowest BCUT2D eigenvalue weighted by Crippen LogP contribution is -2.19. The largest absolute Gasteiger partial charge is 0.490 e. The average Bonchev–Trinajstić information content (AvgIpc) is 3.10. The molecular formula is C22H20Cl2N2O5S. The molecule has 0 aliphatic carbocycles. The third-order valence-corrected chi connectivity index (χ3v) is 5.74. The zero-order valence-electron chi connectivity index (χ0n) is 17.3. The van der Waals surface area contributed by atoms with Gasteiger partial charge in [-0.25, -0.2) is 9.79 Å². The molecule has 0 spiro atoms. The number of ether oxygens (including phenoxy) is 3. The number of rotatable bonds is 8. The van der Waals surface area contributed by atoms with Crippen molar-refractivity contribution in [1.82, 2.24) is 5.32 Å². The molecule has 0 bridgehead atoms. The van der Waals surface area contributed by atoms with E-state index in [1.54, 1.807) is 49.4 Å². The second kappa shape index (κ2) is 11.3. The standard InChI is InChI=1S/C22H20Cl2N2O5S/c1-3-29-17-10-13(8-9-16(17)31-12-19(27)30-4-2)11-18-21(28)26-22(32-18)25-15-7-5-6-14(23)20(15)24/h5-11H,3-4,12H2,1-2H3,(H,25,26,28)/b18-11+. The maximum Gasteiger partial charge on any atom is 0.344 e. The molecule has 0 unspecified atom stereocenters. The fraction of sp³-hybridized carbons (Fsp3) is 0.227. The fourth-order valence-electron chi connectivity index (χ4n) is 2.66. The molecule has 0 aromatic heterocycles. The molecule has 7 nitrogen and oxygen atoms in total. The van der Waals surface area contributed by atoms with Crippen molar-refractivity contribution in [3.8, 4) is 11.5 Å². The maximum atomic E-state index is 12.4. The molecule has 0 atom stereocenters. The molecule has 1 amide bonds. The van der Waals surface area contributed by atoms with Crippen molar-refractivity contribution in [2.45, 2.75) is 13.8 Å². The van der Waals surface area contributed by atoms with Gasteiger partial charge in [0.2, 0.25) is 0 Å². The zero-order chi connectivity index (χ0) is 23.1. The van der Waals surface area contributed by atoms with E-state index in [4.69, 9.17) is 37.4 Å². The van der Waals surface area contributed by atoms with E-state index < -0.39 is 5.97 Å². The second-order valence-corrected chi connectivity index (χ2v) is 8.10. The minimum Gasteiger partial charge on any atom is -0.490 e. The van der Waals surface area contributed by atoms with Gasteiger partial charge in [0.05, 0.1) is 33.9 Å². The van der Waals surface area contributed by atoms with Crippen LogP contribution >= 0.6 is 35.0 Å². The molecule has 2 aromatic rings. The van der Waals surface area contributed by atoms with Crippen LogP contribution in [0.2, 0.25) is 10.0 Å². The van der Waals surface area contributed by atoms with Crippen molar-refractivity contribution in [3.63, 3.8) is 0 Å². The summed E-state index contributed by atoms with van der Waals surface area (Å²) in [6.07, 6.45) is 1.71. The van der Waals surface area contributed by atoms with E-state index in [-0.39, 0.29) is 19.1 Å². The molecule has 10 heteroatoms. The van der Waals surface area contributed by atoms with Crippen LogP contribution in [0.15, 0.2) is 46.3 Å². The molecule has 1 N–H and O–H groups in total. The minimum atomic E-state index is -0.466. The van der Waals surface area contributed by atoms with Crippen LogP contribution in [-0.4, -0.2) is 36.9 Å². The SMILES string of the molecule is CCOC(=O)COc1ccc(/C=C2/SC(=Nc3cccc(Cl)c3Cl)NC2=O)cc1OCC. The highest BCUT2D eigenvalue weighted by Gasteiger charge is 2.24. The van der Waals surface area contributed by atoms with Crippen molar-refractivity contribution < 1.29 is 23.8 Å². The van der Waals surface area contributed by atoms with Crippen molar-refractivity contribution in [2.75, 3.05) is 19.8 Å². The van der Waals surface area contributed by atoms with Gasteiger partial charge in [-0.3, -0.25) is 4.79 Å². The fourth-order valence-corrected chi connectivity index (χ4v) is 3.83. The van der Waals surface area contributed by atoms with Crippen molar-refractivity contribution in [1.29, 1.82) is 0 Å². The predicted molar refractivity (Wildman–Crippen MR) is 127 cm³/mol. The van der Waals surface area contributed by atoms with Gasteiger partial charge in [0.25, 0.3) is 5.91 Å². The lowest BCUT2D eigenvalue weighted by atomic mass is 10.2. The Kier molecular flexibility index (Phi) is 8.44. The summed E-state index contributed by atoms with van der Waals surface area (Å²) < 4.78 is 16.0. The van der Waals surface area contributed by atoms with Crippen LogP contribution in [0.5, 0.6) is 11.5 Å². The molecule has 3 rings (SSSR count). The highest BCUT2D eigenvalue weighted by atomic mass is 35.5. The molecule has 168 valence electrons. The van der Waals surface area contributed by atoms with Gasteiger partial charge in [0, 0.05) is 0 Å². The van der Waals surface area contributed by atoms with E-state index in [9.17, 15) is 9.59 Å². The quantitative estimate of drug-likeness (QED) is 0.399. The van der Waals surface area contributed by atoms with Crippen molar-refractivity contribution in [2.24, 2.45) is 4.99 Å². The van der Waals surface area contributed by atoms with Crippen LogP contribution in [0.1, 0.15) is 19.4 Å². The van der Waals surface area contributed by atoms with Gasteiger partial charge in [-0.15, -0.1) is 0 Å². The molecule has 32 heavy (non-hydrogen) atoms. The summed E-state index contributed by atoms with van der Waals surface area (Å²) in [6.45, 7) is 4.02. The number of aliphatic imine (C=N–C) groups is 1. The number of nitrogens with one attached hydrogen (secondary N) is 1. The monoisotopic (exact) mass is 494 g/mol. The average molecular weight is 495 g/mol. The summed E-state index contributed by atoms with van der Waals surface area (Å²) in [4.78, 5) is 28.8. The number of hydrogen-bond donors (Lipinski definition) is 1. The first-order valence-electron chi connectivity index (χ1n) is 9.70. The Hall–Kier alpha value is -2.68. The summed E-state index contributed by atoms with van der Waals surface area (Å²) in [6, 6.07) is 10.3. The summed E-state index contributed by atoms with van der Waals surface area (Å²) in [5, 5.41) is 3.80. The smallest absolute Gasteiger partial charge is 0.344 e. The second-order valence-electron chi connectivity index (χ2n) is 6.29. The number of nitrogens with zero attached hydrogens (tertiary/aromatic N) is 1. The molecular weight excluding hydrogens is 475 g/mol. The zero-order valence-corrected chi connectivity index (χ0v) is 19.6. The van der Waals surface area contributed by atoms with E-state index in [2.05, 4.69) is 10.3 Å². The van der Waals surface area contributed by atoms with Gasteiger partial charge in [-0.2, -0.15) is 0 Å². The molecule has 1 aliphatic heterocycles. The minimum absolute atomic E-state index is 0.224. The molecule has 0 radical (unpaired) electrons. The Labute approximate surface area is 199 Å². The van der Waals surface area contributed by atoms with E-state index in [0.717, 1.165) is 5.56 Å². The Morgan fingerprint density at radius 2 is 1.94 bits per heavy atom. The summed E-state index contributed by atoms with van der Waals surface area (Å²) in [5.74, 6) is 0.108. The van der Waals surface area contributed by atoms with Crippen LogP contribution in [0.3, 0.4) is 0 Å². The van der Waals surface area contributed by atoms with Gasteiger partial charge < -0.3 is 19.5 Å². The maximum absolute atomic E-state index is 12.4. The van der Waals surface area contributed by atoms with Crippen LogP contribution in [-0.2, 0) is 14.3 Å². The van der Waals surface area contributed by atoms with E-state index in [1.807, 2.05) is 6.92 Å². The van der Waals surface area contributed by atoms with E-state index in [1.165, 1.54) is 11.8 Å². The molecule has 1 aliphatic rings. The predicted octanol–water partition coefficient (Wildman–Crippen LogP) is 5.23. The molecule has 1 saturated heterocycles. The Morgan fingerprint density at radius 3 is 2.69 bits per heavy atom.